The number of aliphatic hydroxyl groups is 1. The highest BCUT2D eigenvalue weighted by Gasteiger charge is 2.35. The first-order valence-corrected chi connectivity index (χ1v) is 11.9. The van der Waals surface area contributed by atoms with Crippen molar-refractivity contribution in [2.45, 2.75) is 11.5 Å². The van der Waals surface area contributed by atoms with Crippen LogP contribution in [0.3, 0.4) is 0 Å². The third-order valence-corrected chi connectivity index (χ3v) is 8.50. The molecular formula is C20H14O8P2-4. The van der Waals surface area contributed by atoms with E-state index in [4.69, 9.17) is 4.42 Å². The highest BCUT2D eigenvalue weighted by molar-refractivity contribution is 7.69. The van der Waals surface area contributed by atoms with Gasteiger partial charge in [-0.25, -0.2) is 0 Å². The second kappa shape index (κ2) is 7.15. The minimum Gasteiger partial charge on any atom is -0.808 e. The monoisotopic (exact) mass is 444 g/mol. The van der Waals surface area contributed by atoms with E-state index in [1.165, 1.54) is 18.2 Å². The van der Waals surface area contributed by atoms with Gasteiger partial charge >= 0.3 is 0 Å². The zero-order valence-electron chi connectivity index (χ0n) is 15.3. The molecule has 0 saturated heterocycles. The molecule has 1 heterocycles. The molecule has 0 bridgehead atoms. The fourth-order valence-electron chi connectivity index (χ4n) is 3.44. The maximum atomic E-state index is 11.4. The molecule has 156 valence electrons. The Hall–Kier alpha value is -2.28. The number of hydrogen-bond acceptors (Lipinski definition) is 8. The van der Waals surface area contributed by atoms with E-state index in [1.807, 2.05) is 30.3 Å². The van der Waals surface area contributed by atoms with Crippen LogP contribution in [0.1, 0.15) is 5.56 Å². The molecule has 0 saturated carbocycles. The molecule has 0 aliphatic rings. The number of hydrogen-bond donors (Lipinski definition) is 1. The van der Waals surface area contributed by atoms with Crippen LogP contribution in [0.15, 0.2) is 71.1 Å². The van der Waals surface area contributed by atoms with Gasteiger partial charge in [-0.2, -0.15) is 0 Å². The van der Waals surface area contributed by atoms with Crippen LogP contribution in [-0.4, -0.2) is 10.2 Å². The Labute approximate surface area is 170 Å². The summed E-state index contributed by atoms with van der Waals surface area (Å²) in [5, 5.41) is 7.76. The Bertz CT molecular complexity index is 1330. The fraction of sp³-hybridized carbons (Fsp3) is 0.100. The number of fused-ring (bicyclic) bond motifs is 3. The van der Waals surface area contributed by atoms with E-state index in [2.05, 4.69) is 0 Å². The quantitative estimate of drug-likeness (QED) is 0.450. The van der Waals surface area contributed by atoms with Gasteiger partial charge in [-0.1, -0.05) is 60.7 Å². The molecule has 1 N–H and O–H groups in total. The zero-order chi connectivity index (χ0) is 21.7. The van der Waals surface area contributed by atoms with Crippen molar-refractivity contribution in [3.8, 4) is 11.1 Å². The summed E-state index contributed by atoms with van der Waals surface area (Å²) < 4.78 is 28.7. The predicted molar refractivity (Wildman–Crippen MR) is 103 cm³/mol. The van der Waals surface area contributed by atoms with Gasteiger partial charge in [-0.05, 0) is 32.4 Å². The number of rotatable bonds is 5. The Morgan fingerprint density at radius 3 is 2.17 bits per heavy atom. The van der Waals surface area contributed by atoms with Crippen molar-refractivity contribution in [1.82, 2.24) is 0 Å². The molecular weight excluding hydrogens is 430 g/mol. The minimum atomic E-state index is -6.17. The van der Waals surface area contributed by atoms with Gasteiger partial charge in [0, 0.05) is 22.8 Å². The van der Waals surface area contributed by atoms with Gasteiger partial charge in [0.05, 0.1) is 0 Å². The van der Waals surface area contributed by atoms with Gasteiger partial charge in [0.25, 0.3) is 0 Å². The minimum absolute atomic E-state index is 0.0121. The first-order valence-electron chi connectivity index (χ1n) is 8.77. The van der Waals surface area contributed by atoms with Crippen molar-refractivity contribution >= 4 is 37.1 Å². The summed E-state index contributed by atoms with van der Waals surface area (Å²) in [6, 6.07) is 18.8. The van der Waals surface area contributed by atoms with Crippen molar-refractivity contribution in [3.63, 3.8) is 0 Å². The van der Waals surface area contributed by atoms with Crippen LogP contribution in [0.4, 0.5) is 0 Å². The van der Waals surface area contributed by atoms with E-state index >= 15 is 0 Å². The van der Waals surface area contributed by atoms with Crippen molar-refractivity contribution < 1.29 is 38.2 Å². The SMILES string of the molecule is O=P([O-])([O-])C(O)(Cc1cccc(-c2cccc3c2oc2ccccc23)c1)P(=O)([O-])[O-]. The Balaban J connectivity index is 1.83. The van der Waals surface area contributed by atoms with E-state index in [9.17, 15) is 33.8 Å². The molecule has 0 atom stereocenters. The van der Waals surface area contributed by atoms with Gasteiger partial charge in [0.1, 0.15) is 16.2 Å². The molecule has 4 rings (SSSR count). The third kappa shape index (κ3) is 3.43. The summed E-state index contributed by atoms with van der Waals surface area (Å²) in [5.74, 6) is 0. The van der Waals surface area contributed by atoms with E-state index in [-0.39, 0.29) is 5.56 Å². The molecule has 4 aromatic rings. The number of benzene rings is 3. The number of para-hydroxylation sites is 2. The summed E-state index contributed by atoms with van der Waals surface area (Å²) in [5.41, 5.74) is 2.37. The Morgan fingerprint density at radius 2 is 1.47 bits per heavy atom. The van der Waals surface area contributed by atoms with Gasteiger partial charge in [-0.3, -0.25) is 0 Å². The largest absolute Gasteiger partial charge is 0.808 e. The van der Waals surface area contributed by atoms with Crippen molar-refractivity contribution in [2.24, 2.45) is 0 Å². The smallest absolute Gasteiger partial charge is 0.143 e. The van der Waals surface area contributed by atoms with Crippen LogP contribution in [0.25, 0.3) is 33.1 Å². The van der Waals surface area contributed by atoms with Gasteiger partial charge in [0.2, 0.25) is 0 Å². The fourth-order valence-corrected chi connectivity index (χ4v) is 5.39. The van der Waals surface area contributed by atoms with Crippen LogP contribution >= 0.6 is 15.2 Å². The second-order valence-corrected chi connectivity index (χ2v) is 10.7. The van der Waals surface area contributed by atoms with Gasteiger partial charge < -0.3 is 38.2 Å². The second-order valence-electron chi connectivity index (χ2n) is 6.93. The lowest BCUT2D eigenvalue weighted by Crippen LogP contribution is -2.47. The summed E-state index contributed by atoms with van der Waals surface area (Å²) in [4.78, 5) is 45.5. The molecule has 0 aliphatic heterocycles. The molecule has 8 nitrogen and oxygen atoms in total. The van der Waals surface area contributed by atoms with E-state index < -0.39 is 26.7 Å². The highest BCUT2D eigenvalue weighted by atomic mass is 31.2. The Morgan fingerprint density at radius 1 is 0.833 bits per heavy atom. The third-order valence-electron chi connectivity index (χ3n) is 4.96. The lowest BCUT2D eigenvalue weighted by atomic mass is 9.99. The average molecular weight is 444 g/mol. The molecule has 0 spiro atoms. The van der Waals surface area contributed by atoms with Crippen LogP contribution in [0, 0.1) is 0 Å². The summed E-state index contributed by atoms with van der Waals surface area (Å²) in [6.45, 7) is 0. The zero-order valence-corrected chi connectivity index (χ0v) is 17.0. The maximum Gasteiger partial charge on any atom is 0.143 e. The molecule has 10 heteroatoms. The summed E-state index contributed by atoms with van der Waals surface area (Å²) in [7, 11) is -12.3. The standard InChI is InChI=1S/C20H18O8P2/c21-20(29(22,23)24,30(25,26)27)12-13-5-3-6-14(11-13)15-8-4-9-17-16-7-1-2-10-18(16)28-19(15)17/h1-11,21H,12H2,(H2,22,23,24)(H2,25,26,27)/p-4. The highest BCUT2D eigenvalue weighted by Crippen LogP contribution is 2.60. The Kier molecular flexibility index (Phi) is 5.00. The molecule has 0 aliphatic carbocycles. The molecule has 0 unspecified atom stereocenters. The van der Waals surface area contributed by atoms with Crippen LogP contribution < -0.4 is 19.6 Å². The molecule has 0 amide bonds. The molecule has 3 aromatic carbocycles. The van der Waals surface area contributed by atoms with E-state index in [1.54, 1.807) is 18.2 Å². The van der Waals surface area contributed by atoms with Crippen molar-refractivity contribution in [1.29, 1.82) is 0 Å². The predicted octanol–water partition coefficient (Wildman–Crippen LogP) is 1.27. The van der Waals surface area contributed by atoms with Crippen molar-refractivity contribution in [3.05, 3.63) is 72.3 Å². The normalized spacial score (nSPS) is 13.2. The van der Waals surface area contributed by atoms with E-state index in [0.717, 1.165) is 10.8 Å². The maximum absolute atomic E-state index is 11.4. The first-order chi connectivity index (χ1) is 14.0. The van der Waals surface area contributed by atoms with Gasteiger partial charge in [0.15, 0.2) is 0 Å². The summed E-state index contributed by atoms with van der Waals surface area (Å²) in [6.07, 6.45) is -1.18. The van der Waals surface area contributed by atoms with Crippen LogP contribution in [0.5, 0.6) is 0 Å². The lowest BCUT2D eigenvalue weighted by molar-refractivity contribution is -0.348. The first kappa shape index (κ1) is 21.0. The number of furan rings is 1. The molecule has 30 heavy (non-hydrogen) atoms. The van der Waals surface area contributed by atoms with Crippen LogP contribution in [0.2, 0.25) is 0 Å². The summed E-state index contributed by atoms with van der Waals surface area (Å²) >= 11 is 0. The average Bonchev–Trinajstić information content (AvgIpc) is 3.05. The van der Waals surface area contributed by atoms with Gasteiger partial charge in [-0.15, -0.1) is 0 Å². The lowest BCUT2D eigenvalue weighted by Gasteiger charge is -2.56. The van der Waals surface area contributed by atoms with E-state index in [0.29, 0.717) is 22.3 Å². The van der Waals surface area contributed by atoms with Crippen molar-refractivity contribution in [2.75, 3.05) is 0 Å². The molecule has 0 fully saturated rings. The molecule has 1 aromatic heterocycles. The molecule has 0 radical (unpaired) electrons. The van der Waals surface area contributed by atoms with Crippen LogP contribution in [-0.2, 0) is 15.6 Å². The topological polar surface area (TPSA) is 160 Å².